The molecule has 0 bridgehead atoms. The summed E-state index contributed by atoms with van der Waals surface area (Å²) in [7, 11) is 1.58. The largest absolute Gasteiger partial charge is 0.496 e. The van der Waals surface area contributed by atoms with E-state index in [0.29, 0.717) is 15.8 Å². The molecule has 0 saturated heterocycles. The molecule has 0 aliphatic rings. The van der Waals surface area contributed by atoms with Crippen molar-refractivity contribution in [1.82, 2.24) is 0 Å². The van der Waals surface area contributed by atoms with E-state index < -0.39 is 5.60 Å². The van der Waals surface area contributed by atoms with Crippen LogP contribution in [0.4, 0.5) is 0 Å². The summed E-state index contributed by atoms with van der Waals surface area (Å²) in [6.45, 7) is 7.36. The molecule has 0 heterocycles. The van der Waals surface area contributed by atoms with Crippen LogP contribution in [0.2, 0.25) is 0 Å². The van der Waals surface area contributed by atoms with Crippen LogP contribution in [0.15, 0.2) is 16.6 Å². The van der Waals surface area contributed by atoms with Crippen molar-refractivity contribution in [2.24, 2.45) is 0 Å². The molecule has 17 heavy (non-hydrogen) atoms. The van der Waals surface area contributed by atoms with Gasteiger partial charge in [-0.1, -0.05) is 0 Å². The molecule has 0 fully saturated rings. The van der Waals surface area contributed by atoms with Crippen LogP contribution < -0.4 is 4.74 Å². The lowest BCUT2D eigenvalue weighted by atomic mass is 10.1. The molecule has 0 aliphatic heterocycles. The smallest absolute Gasteiger partial charge is 0.340 e. The van der Waals surface area contributed by atoms with Crippen LogP contribution in [0.25, 0.3) is 0 Å². The molecular formula is C13H17BrO3. The molecule has 0 atom stereocenters. The lowest BCUT2D eigenvalue weighted by Crippen LogP contribution is -2.24. The molecule has 1 aromatic carbocycles. The lowest BCUT2D eigenvalue weighted by Gasteiger charge is -2.21. The minimum atomic E-state index is -0.508. The second-order valence-electron chi connectivity index (χ2n) is 4.75. The third kappa shape index (κ3) is 3.46. The third-order valence-electron chi connectivity index (χ3n) is 2.19. The number of methoxy groups -OCH3 is 1. The molecule has 0 saturated carbocycles. The fourth-order valence-electron chi connectivity index (χ4n) is 1.46. The van der Waals surface area contributed by atoms with Crippen LogP contribution in [0.5, 0.6) is 5.75 Å². The van der Waals surface area contributed by atoms with Gasteiger partial charge in [-0.2, -0.15) is 0 Å². The number of carbonyl (C=O) groups excluding carboxylic acids is 1. The van der Waals surface area contributed by atoms with Gasteiger partial charge in [0.25, 0.3) is 0 Å². The normalized spacial score (nSPS) is 11.2. The third-order valence-corrected chi connectivity index (χ3v) is 2.85. The topological polar surface area (TPSA) is 35.5 Å². The Labute approximate surface area is 110 Å². The van der Waals surface area contributed by atoms with Crippen LogP contribution in [-0.4, -0.2) is 18.7 Å². The monoisotopic (exact) mass is 300 g/mol. The maximum Gasteiger partial charge on any atom is 0.340 e. The highest BCUT2D eigenvalue weighted by molar-refractivity contribution is 9.10. The molecule has 0 aliphatic carbocycles. The first-order valence-corrected chi connectivity index (χ1v) is 6.12. The first-order valence-electron chi connectivity index (χ1n) is 5.32. The van der Waals surface area contributed by atoms with Crippen molar-refractivity contribution < 1.29 is 14.3 Å². The second kappa shape index (κ2) is 5.08. The Morgan fingerprint density at radius 1 is 1.29 bits per heavy atom. The van der Waals surface area contributed by atoms with Crippen LogP contribution >= 0.6 is 15.9 Å². The molecule has 0 radical (unpaired) electrons. The summed E-state index contributed by atoms with van der Waals surface area (Å²) in [6.07, 6.45) is 0. The standard InChI is InChI=1S/C13H17BrO3/c1-8-10(16-5)7-6-9(14)11(8)12(15)17-13(2,3)4/h6-7H,1-5H3. The summed E-state index contributed by atoms with van der Waals surface area (Å²) in [5.41, 5.74) is 0.780. The lowest BCUT2D eigenvalue weighted by molar-refractivity contribution is 0.00673. The van der Waals surface area contributed by atoms with Crippen LogP contribution in [0.1, 0.15) is 36.7 Å². The Kier molecular flexibility index (Phi) is 4.20. The van der Waals surface area contributed by atoms with E-state index in [0.717, 1.165) is 5.56 Å². The number of benzene rings is 1. The van der Waals surface area contributed by atoms with E-state index in [1.807, 2.05) is 33.8 Å². The van der Waals surface area contributed by atoms with Crippen molar-refractivity contribution in [3.63, 3.8) is 0 Å². The van der Waals surface area contributed by atoms with Gasteiger partial charge in [0.15, 0.2) is 0 Å². The van der Waals surface area contributed by atoms with E-state index in [-0.39, 0.29) is 5.97 Å². The minimum absolute atomic E-state index is 0.347. The van der Waals surface area contributed by atoms with Gasteiger partial charge in [-0.15, -0.1) is 0 Å². The van der Waals surface area contributed by atoms with Gasteiger partial charge in [-0.3, -0.25) is 0 Å². The maximum atomic E-state index is 12.1. The first kappa shape index (κ1) is 14.0. The van der Waals surface area contributed by atoms with E-state index >= 15 is 0 Å². The van der Waals surface area contributed by atoms with Crippen molar-refractivity contribution in [2.75, 3.05) is 7.11 Å². The quantitative estimate of drug-likeness (QED) is 0.781. The molecule has 1 rings (SSSR count). The van der Waals surface area contributed by atoms with E-state index in [2.05, 4.69) is 15.9 Å². The summed E-state index contributed by atoms with van der Waals surface area (Å²) in [4.78, 5) is 12.1. The molecule has 3 nitrogen and oxygen atoms in total. The Morgan fingerprint density at radius 3 is 2.35 bits per heavy atom. The maximum absolute atomic E-state index is 12.1. The highest BCUT2D eigenvalue weighted by Gasteiger charge is 2.22. The molecule has 0 spiro atoms. The zero-order valence-corrected chi connectivity index (χ0v) is 12.3. The van der Waals surface area contributed by atoms with Crippen molar-refractivity contribution >= 4 is 21.9 Å². The Bertz CT molecular complexity index is 433. The number of carbonyl (C=O) groups is 1. The van der Waals surface area contributed by atoms with Gasteiger partial charge < -0.3 is 9.47 Å². The van der Waals surface area contributed by atoms with Crippen LogP contribution in [0.3, 0.4) is 0 Å². The van der Waals surface area contributed by atoms with E-state index in [4.69, 9.17) is 9.47 Å². The Balaban J connectivity index is 3.17. The van der Waals surface area contributed by atoms with E-state index in [1.54, 1.807) is 13.2 Å². The number of halogens is 1. The zero-order chi connectivity index (χ0) is 13.2. The minimum Gasteiger partial charge on any atom is -0.496 e. The number of ether oxygens (including phenoxy) is 2. The highest BCUT2D eigenvalue weighted by atomic mass is 79.9. The SMILES string of the molecule is COc1ccc(Br)c(C(=O)OC(C)(C)C)c1C. The first-order chi connectivity index (χ1) is 7.76. The van der Waals surface area contributed by atoms with Gasteiger partial charge in [0, 0.05) is 10.0 Å². The fraction of sp³-hybridized carbons (Fsp3) is 0.462. The second-order valence-corrected chi connectivity index (χ2v) is 5.61. The van der Waals surface area contributed by atoms with Crippen molar-refractivity contribution in [2.45, 2.75) is 33.3 Å². The van der Waals surface area contributed by atoms with E-state index in [9.17, 15) is 4.79 Å². The molecule has 0 aromatic heterocycles. The zero-order valence-electron chi connectivity index (χ0n) is 10.8. The van der Waals surface area contributed by atoms with Crippen molar-refractivity contribution in [3.05, 3.63) is 27.7 Å². The highest BCUT2D eigenvalue weighted by Crippen LogP contribution is 2.29. The summed E-state index contributed by atoms with van der Waals surface area (Å²) in [6, 6.07) is 3.60. The molecule has 94 valence electrons. The Morgan fingerprint density at radius 2 is 1.88 bits per heavy atom. The Hall–Kier alpha value is -1.03. The van der Waals surface area contributed by atoms with Crippen molar-refractivity contribution in [3.8, 4) is 5.75 Å². The molecule has 0 unspecified atom stereocenters. The van der Waals surface area contributed by atoms with E-state index in [1.165, 1.54) is 0 Å². The summed E-state index contributed by atoms with van der Waals surface area (Å²) >= 11 is 3.36. The molecular weight excluding hydrogens is 284 g/mol. The predicted molar refractivity (Wildman–Crippen MR) is 70.6 cm³/mol. The van der Waals surface area contributed by atoms with Gasteiger partial charge in [0.1, 0.15) is 11.4 Å². The molecule has 0 N–H and O–H groups in total. The average molecular weight is 301 g/mol. The van der Waals surface area contributed by atoms with Gasteiger partial charge >= 0.3 is 5.97 Å². The van der Waals surface area contributed by atoms with Gasteiger partial charge in [-0.05, 0) is 55.8 Å². The number of hydrogen-bond donors (Lipinski definition) is 0. The van der Waals surface area contributed by atoms with Crippen LogP contribution in [0, 0.1) is 6.92 Å². The summed E-state index contributed by atoms with van der Waals surface area (Å²) in [5.74, 6) is 0.329. The van der Waals surface area contributed by atoms with Gasteiger partial charge in [-0.25, -0.2) is 4.79 Å². The van der Waals surface area contributed by atoms with Crippen molar-refractivity contribution in [1.29, 1.82) is 0 Å². The summed E-state index contributed by atoms with van der Waals surface area (Å²) in [5, 5.41) is 0. The molecule has 1 aromatic rings. The number of esters is 1. The summed E-state index contributed by atoms with van der Waals surface area (Å²) < 4.78 is 11.3. The number of hydrogen-bond acceptors (Lipinski definition) is 3. The predicted octanol–water partition coefficient (Wildman–Crippen LogP) is 3.72. The molecule has 4 heteroatoms. The average Bonchev–Trinajstić information content (AvgIpc) is 2.15. The van der Waals surface area contributed by atoms with Gasteiger partial charge in [0.2, 0.25) is 0 Å². The van der Waals surface area contributed by atoms with Crippen LogP contribution in [-0.2, 0) is 4.74 Å². The molecule has 0 amide bonds. The number of rotatable bonds is 2. The fourth-order valence-corrected chi connectivity index (χ4v) is 2.05. The van der Waals surface area contributed by atoms with Gasteiger partial charge in [0.05, 0.1) is 12.7 Å².